The molecule has 2 aliphatic rings. The molecule has 1 amide bonds. The van der Waals surface area contributed by atoms with Gasteiger partial charge in [0.2, 0.25) is 5.91 Å². The van der Waals surface area contributed by atoms with E-state index >= 15 is 0 Å². The average Bonchev–Trinajstić information content (AvgIpc) is 3.13. The number of fused-ring (bicyclic) bond motifs is 1. The van der Waals surface area contributed by atoms with Crippen LogP contribution in [0.4, 0.5) is 13.2 Å². The Balaban J connectivity index is 1.75. The summed E-state index contributed by atoms with van der Waals surface area (Å²) < 4.78 is 45.1. The Labute approximate surface area is 173 Å². The number of carbonyl (C=O) groups excluding carboxylic acids is 1. The van der Waals surface area contributed by atoms with Crippen molar-refractivity contribution in [1.82, 2.24) is 9.88 Å². The lowest BCUT2D eigenvalue weighted by Crippen LogP contribution is -2.42. The predicted molar refractivity (Wildman–Crippen MR) is 106 cm³/mol. The summed E-state index contributed by atoms with van der Waals surface area (Å²) in [5, 5.41) is -0.0545. The molecule has 1 aromatic rings. The number of amides is 1. The topological polar surface area (TPSA) is 68.5 Å². The van der Waals surface area contributed by atoms with Gasteiger partial charge in [0, 0.05) is 38.0 Å². The van der Waals surface area contributed by atoms with Gasteiger partial charge in [-0.15, -0.1) is 11.8 Å². The number of pyridine rings is 1. The van der Waals surface area contributed by atoms with E-state index in [2.05, 4.69) is 4.98 Å². The molecule has 29 heavy (non-hydrogen) atoms. The van der Waals surface area contributed by atoms with Gasteiger partial charge in [-0.2, -0.15) is 13.2 Å². The SMILES string of the molecule is CCCO[C@@H]1CC([C@H](N)SC)C[C@H]1C(=O)N1CCc2ncc(C(F)(F)F)cc2C1. The fourth-order valence-electron chi connectivity index (χ4n) is 4.21. The molecular weight excluding hydrogens is 403 g/mol. The minimum absolute atomic E-state index is 0.0510. The van der Waals surface area contributed by atoms with Crippen molar-refractivity contribution >= 4 is 17.7 Å². The number of aromatic nitrogens is 1. The van der Waals surface area contributed by atoms with Crippen molar-refractivity contribution in [3.8, 4) is 0 Å². The number of hydrogen-bond acceptors (Lipinski definition) is 5. The van der Waals surface area contributed by atoms with Crippen LogP contribution in [0.3, 0.4) is 0 Å². The van der Waals surface area contributed by atoms with E-state index in [1.54, 1.807) is 16.7 Å². The largest absolute Gasteiger partial charge is 0.417 e. The highest BCUT2D eigenvalue weighted by atomic mass is 32.2. The minimum atomic E-state index is -4.44. The number of thioether (sulfide) groups is 1. The van der Waals surface area contributed by atoms with Crippen LogP contribution in [0.25, 0.3) is 0 Å². The van der Waals surface area contributed by atoms with Gasteiger partial charge in [-0.25, -0.2) is 0 Å². The van der Waals surface area contributed by atoms with Crippen LogP contribution >= 0.6 is 11.8 Å². The molecule has 162 valence electrons. The van der Waals surface area contributed by atoms with Gasteiger partial charge < -0.3 is 15.4 Å². The third kappa shape index (κ3) is 5.06. The molecule has 1 aliphatic carbocycles. The standard InChI is InChI=1S/C20H28F3N3O2S/c1-3-6-28-17-9-12(18(24)29-2)8-15(17)19(27)26-5-4-16-13(11-26)7-14(10-25-16)20(21,22)23/h7,10,12,15,17-18H,3-6,8-9,11,24H2,1-2H3/t12?,15-,17-,18-/m1/s1. The van der Waals surface area contributed by atoms with E-state index in [1.807, 2.05) is 13.2 Å². The predicted octanol–water partition coefficient (Wildman–Crippen LogP) is 3.45. The first-order valence-corrected chi connectivity index (χ1v) is 11.3. The van der Waals surface area contributed by atoms with E-state index in [0.29, 0.717) is 37.3 Å². The molecule has 0 bridgehead atoms. The van der Waals surface area contributed by atoms with Gasteiger partial charge >= 0.3 is 6.18 Å². The molecule has 5 nitrogen and oxygen atoms in total. The molecule has 2 N–H and O–H groups in total. The maximum absolute atomic E-state index is 13.3. The number of rotatable bonds is 6. The summed E-state index contributed by atoms with van der Waals surface area (Å²) in [6, 6.07) is 1.12. The molecule has 1 aromatic heterocycles. The molecule has 0 spiro atoms. The number of alkyl halides is 3. The zero-order chi connectivity index (χ0) is 21.2. The van der Waals surface area contributed by atoms with Gasteiger partial charge in [-0.05, 0) is 43.1 Å². The molecule has 2 heterocycles. The highest BCUT2D eigenvalue weighted by Crippen LogP contribution is 2.39. The molecule has 4 atom stereocenters. The minimum Gasteiger partial charge on any atom is -0.377 e. The second kappa shape index (κ2) is 9.22. The summed E-state index contributed by atoms with van der Waals surface area (Å²) in [4.78, 5) is 18.9. The first-order chi connectivity index (χ1) is 13.7. The average molecular weight is 432 g/mol. The quantitative estimate of drug-likeness (QED) is 0.699. The summed E-state index contributed by atoms with van der Waals surface area (Å²) in [5.41, 5.74) is 6.53. The van der Waals surface area contributed by atoms with E-state index in [0.717, 1.165) is 25.1 Å². The third-order valence-electron chi connectivity index (χ3n) is 5.81. The van der Waals surface area contributed by atoms with Crippen LogP contribution in [-0.2, 0) is 28.7 Å². The van der Waals surface area contributed by atoms with Crippen molar-refractivity contribution in [1.29, 1.82) is 0 Å². The number of ether oxygens (including phenoxy) is 1. The van der Waals surface area contributed by atoms with Crippen LogP contribution in [-0.4, -0.2) is 46.7 Å². The fourth-order valence-corrected chi connectivity index (χ4v) is 4.82. The molecule has 1 fully saturated rings. The monoisotopic (exact) mass is 431 g/mol. The summed E-state index contributed by atoms with van der Waals surface area (Å²) in [6.07, 6.45) is 0.902. The van der Waals surface area contributed by atoms with E-state index in [9.17, 15) is 18.0 Å². The van der Waals surface area contributed by atoms with Gasteiger partial charge in [0.1, 0.15) is 0 Å². The maximum atomic E-state index is 13.3. The van der Waals surface area contributed by atoms with Crippen LogP contribution in [0, 0.1) is 11.8 Å². The molecule has 0 radical (unpaired) electrons. The van der Waals surface area contributed by atoms with Crippen molar-refractivity contribution in [2.75, 3.05) is 19.4 Å². The molecule has 1 unspecified atom stereocenters. The Morgan fingerprint density at radius 1 is 1.45 bits per heavy atom. The number of halogens is 3. The van der Waals surface area contributed by atoms with E-state index < -0.39 is 11.7 Å². The third-order valence-corrected chi connectivity index (χ3v) is 6.74. The van der Waals surface area contributed by atoms with Crippen LogP contribution in [0.2, 0.25) is 0 Å². The van der Waals surface area contributed by atoms with E-state index in [1.165, 1.54) is 0 Å². The highest BCUT2D eigenvalue weighted by molar-refractivity contribution is 7.99. The van der Waals surface area contributed by atoms with E-state index in [-0.39, 0.29) is 35.8 Å². The molecule has 1 saturated carbocycles. The lowest BCUT2D eigenvalue weighted by Gasteiger charge is -2.32. The Kier molecular flexibility index (Phi) is 7.11. The second-order valence-electron chi connectivity index (χ2n) is 7.78. The number of carbonyl (C=O) groups is 1. The Hall–Kier alpha value is -1.32. The lowest BCUT2D eigenvalue weighted by atomic mass is 9.98. The van der Waals surface area contributed by atoms with Gasteiger partial charge in [0.25, 0.3) is 0 Å². The smallest absolute Gasteiger partial charge is 0.377 e. The van der Waals surface area contributed by atoms with Crippen LogP contribution in [0.1, 0.15) is 43.0 Å². The number of hydrogen-bond donors (Lipinski definition) is 1. The van der Waals surface area contributed by atoms with Gasteiger partial charge in [0.05, 0.1) is 23.0 Å². The maximum Gasteiger partial charge on any atom is 0.417 e. The summed E-state index contributed by atoms with van der Waals surface area (Å²) in [6.45, 7) is 3.21. The van der Waals surface area contributed by atoms with Crippen molar-refractivity contribution < 1.29 is 22.7 Å². The molecule has 0 saturated heterocycles. The normalized spacial score (nSPS) is 25.7. The fraction of sp³-hybridized carbons (Fsp3) is 0.700. The highest BCUT2D eigenvalue weighted by Gasteiger charge is 2.43. The van der Waals surface area contributed by atoms with E-state index in [4.69, 9.17) is 10.5 Å². The first-order valence-electron chi connectivity index (χ1n) is 9.98. The summed E-state index contributed by atoms with van der Waals surface area (Å²) in [7, 11) is 0. The number of nitrogens with two attached hydrogens (primary N) is 1. The molecule has 9 heteroatoms. The molecule has 0 aromatic carbocycles. The van der Waals surface area contributed by atoms with Gasteiger partial charge in [-0.3, -0.25) is 9.78 Å². The van der Waals surface area contributed by atoms with Crippen molar-refractivity contribution in [3.05, 3.63) is 29.1 Å². The van der Waals surface area contributed by atoms with Crippen molar-refractivity contribution in [2.24, 2.45) is 17.6 Å². The molecule has 1 aliphatic heterocycles. The van der Waals surface area contributed by atoms with Crippen molar-refractivity contribution in [3.63, 3.8) is 0 Å². The van der Waals surface area contributed by atoms with Gasteiger partial charge in [-0.1, -0.05) is 6.92 Å². The Bertz CT molecular complexity index is 731. The van der Waals surface area contributed by atoms with Crippen LogP contribution in [0.5, 0.6) is 0 Å². The summed E-state index contributed by atoms with van der Waals surface area (Å²) >= 11 is 1.57. The Morgan fingerprint density at radius 3 is 2.86 bits per heavy atom. The van der Waals surface area contributed by atoms with Crippen molar-refractivity contribution in [2.45, 2.75) is 56.8 Å². The second-order valence-corrected chi connectivity index (χ2v) is 8.80. The Morgan fingerprint density at radius 2 is 2.21 bits per heavy atom. The number of nitrogens with zero attached hydrogens (tertiary/aromatic N) is 2. The van der Waals surface area contributed by atoms with Crippen LogP contribution in [0.15, 0.2) is 12.3 Å². The lowest BCUT2D eigenvalue weighted by molar-refractivity contribution is -0.140. The molecule has 3 rings (SSSR count). The summed E-state index contributed by atoms with van der Waals surface area (Å²) in [5.74, 6) is -0.161. The van der Waals surface area contributed by atoms with Crippen LogP contribution < -0.4 is 5.73 Å². The zero-order valence-corrected chi connectivity index (χ0v) is 17.6. The van der Waals surface area contributed by atoms with Gasteiger partial charge in [0.15, 0.2) is 0 Å². The zero-order valence-electron chi connectivity index (χ0n) is 16.7. The molecular formula is C20H28F3N3O2S. The first kappa shape index (κ1) is 22.4.